The maximum absolute atomic E-state index is 5.99. The number of ether oxygens (including phenoxy) is 2. The van der Waals surface area contributed by atoms with Crippen LogP contribution in [0.1, 0.15) is 30.0 Å². The maximum Gasteiger partial charge on any atom is 0.119 e. The summed E-state index contributed by atoms with van der Waals surface area (Å²) in [6.45, 7) is 2.18. The highest BCUT2D eigenvalue weighted by Gasteiger charge is 2.42. The minimum atomic E-state index is 0.396. The van der Waals surface area contributed by atoms with Gasteiger partial charge in [-0.1, -0.05) is 6.07 Å². The lowest BCUT2D eigenvalue weighted by molar-refractivity contribution is -0.0558. The van der Waals surface area contributed by atoms with Crippen molar-refractivity contribution in [2.24, 2.45) is 0 Å². The molecular weight excluding hydrogens is 264 g/mol. The minimum Gasteiger partial charge on any atom is -0.497 e. The number of morpholine rings is 1. The van der Waals surface area contributed by atoms with Gasteiger partial charge in [-0.2, -0.15) is 0 Å². The molecule has 1 aliphatic carbocycles. The van der Waals surface area contributed by atoms with Crippen LogP contribution in [0, 0.1) is 0 Å². The van der Waals surface area contributed by atoms with E-state index in [1.54, 1.807) is 7.11 Å². The molecule has 4 atom stereocenters. The van der Waals surface area contributed by atoms with E-state index in [0.29, 0.717) is 24.3 Å². The Kier molecular flexibility index (Phi) is 3.40. The van der Waals surface area contributed by atoms with Gasteiger partial charge >= 0.3 is 0 Å². The summed E-state index contributed by atoms with van der Waals surface area (Å²) >= 11 is 0. The van der Waals surface area contributed by atoms with Crippen molar-refractivity contribution >= 4 is 0 Å². The van der Waals surface area contributed by atoms with Crippen LogP contribution in [0.15, 0.2) is 18.2 Å². The van der Waals surface area contributed by atoms with Crippen molar-refractivity contribution in [3.05, 3.63) is 29.3 Å². The number of nitrogens with one attached hydrogen (secondary N) is 1. The van der Waals surface area contributed by atoms with Crippen molar-refractivity contribution in [2.75, 3.05) is 27.2 Å². The lowest BCUT2D eigenvalue weighted by atomic mass is 10.1. The highest BCUT2D eigenvalue weighted by molar-refractivity contribution is 5.43. The third kappa shape index (κ3) is 2.26. The Morgan fingerprint density at radius 3 is 2.67 bits per heavy atom. The van der Waals surface area contributed by atoms with Crippen molar-refractivity contribution in [1.29, 1.82) is 0 Å². The van der Waals surface area contributed by atoms with Crippen LogP contribution in [0.25, 0.3) is 0 Å². The highest BCUT2D eigenvalue weighted by Crippen LogP contribution is 2.39. The van der Waals surface area contributed by atoms with E-state index in [4.69, 9.17) is 9.47 Å². The van der Waals surface area contributed by atoms with Crippen LogP contribution in [0.3, 0.4) is 0 Å². The first-order valence-electron chi connectivity index (χ1n) is 8.02. The van der Waals surface area contributed by atoms with Gasteiger partial charge in [0.05, 0.1) is 19.3 Å². The molecular formula is C17H24N2O2. The molecule has 1 N–H and O–H groups in total. The fourth-order valence-corrected chi connectivity index (χ4v) is 4.33. The molecule has 1 aromatic rings. The quantitative estimate of drug-likeness (QED) is 0.919. The normalized spacial score (nSPS) is 35.0. The van der Waals surface area contributed by atoms with E-state index >= 15 is 0 Å². The molecule has 2 bridgehead atoms. The van der Waals surface area contributed by atoms with Gasteiger partial charge in [-0.3, -0.25) is 4.90 Å². The summed E-state index contributed by atoms with van der Waals surface area (Å²) in [5.74, 6) is 0.955. The molecule has 1 aromatic carbocycles. The van der Waals surface area contributed by atoms with Gasteiger partial charge in [-0.15, -0.1) is 0 Å². The Hall–Kier alpha value is -1.10. The van der Waals surface area contributed by atoms with E-state index in [1.807, 2.05) is 0 Å². The predicted molar refractivity (Wildman–Crippen MR) is 81.8 cm³/mol. The molecule has 3 aliphatic rings. The summed E-state index contributed by atoms with van der Waals surface area (Å²) in [4.78, 5) is 2.65. The second-order valence-corrected chi connectivity index (χ2v) is 6.51. The lowest BCUT2D eigenvalue weighted by Gasteiger charge is -2.39. The first-order chi connectivity index (χ1) is 10.3. The zero-order valence-electron chi connectivity index (χ0n) is 12.8. The number of hydrogen-bond donors (Lipinski definition) is 1. The van der Waals surface area contributed by atoms with Crippen molar-refractivity contribution in [3.63, 3.8) is 0 Å². The fourth-order valence-electron chi connectivity index (χ4n) is 4.33. The molecule has 0 spiro atoms. The number of likely N-dealkylation sites (tertiary alicyclic amines) is 1. The zero-order valence-corrected chi connectivity index (χ0v) is 12.8. The van der Waals surface area contributed by atoms with Crippen LogP contribution in [-0.4, -0.2) is 50.4 Å². The van der Waals surface area contributed by atoms with E-state index in [0.717, 1.165) is 25.3 Å². The van der Waals surface area contributed by atoms with Crippen molar-refractivity contribution in [1.82, 2.24) is 10.2 Å². The monoisotopic (exact) mass is 288 g/mol. The van der Waals surface area contributed by atoms with Crippen LogP contribution < -0.4 is 10.1 Å². The van der Waals surface area contributed by atoms with Crippen LogP contribution in [0.5, 0.6) is 5.75 Å². The standard InChI is InChI=1S/C17H24N2O2/c1-18-17-15-8-12(20-2)4-3-11(15)7-16(17)19-9-13-5-6-14(10-19)21-13/h3-4,8,13-14,16-18H,5-7,9-10H2,1-2H3. The second kappa shape index (κ2) is 5.27. The van der Waals surface area contributed by atoms with E-state index in [-0.39, 0.29) is 0 Å². The molecule has 0 radical (unpaired) electrons. The molecule has 4 rings (SSSR count). The summed E-state index contributed by atoms with van der Waals surface area (Å²) in [5, 5.41) is 3.53. The molecule has 4 unspecified atom stereocenters. The summed E-state index contributed by atoms with van der Waals surface area (Å²) in [5.41, 5.74) is 2.86. The van der Waals surface area contributed by atoms with Gasteiger partial charge in [0, 0.05) is 25.2 Å². The number of likely N-dealkylation sites (N-methyl/N-ethyl adjacent to an activating group) is 1. The number of nitrogens with zero attached hydrogens (tertiary/aromatic N) is 1. The molecule has 2 aliphatic heterocycles. The molecule has 2 heterocycles. The smallest absolute Gasteiger partial charge is 0.119 e. The number of fused-ring (bicyclic) bond motifs is 3. The van der Waals surface area contributed by atoms with Gasteiger partial charge in [-0.05, 0) is 49.6 Å². The topological polar surface area (TPSA) is 33.7 Å². The summed E-state index contributed by atoms with van der Waals surface area (Å²) < 4.78 is 11.4. The first-order valence-corrected chi connectivity index (χ1v) is 8.02. The summed E-state index contributed by atoms with van der Waals surface area (Å²) in [7, 11) is 3.81. The van der Waals surface area contributed by atoms with Gasteiger partial charge in [0.25, 0.3) is 0 Å². The third-order valence-corrected chi connectivity index (χ3v) is 5.35. The van der Waals surface area contributed by atoms with E-state index in [2.05, 4.69) is 35.5 Å². The average Bonchev–Trinajstić information content (AvgIpc) is 3.05. The summed E-state index contributed by atoms with van der Waals surface area (Å²) in [6.07, 6.45) is 4.51. The van der Waals surface area contributed by atoms with Crippen LogP contribution in [0.4, 0.5) is 0 Å². The van der Waals surface area contributed by atoms with Crippen molar-refractivity contribution in [3.8, 4) is 5.75 Å². The van der Waals surface area contributed by atoms with Crippen LogP contribution in [0.2, 0.25) is 0 Å². The van der Waals surface area contributed by atoms with E-state index in [1.165, 1.54) is 24.0 Å². The van der Waals surface area contributed by atoms with Gasteiger partial charge in [-0.25, -0.2) is 0 Å². The predicted octanol–water partition coefficient (Wildman–Crippen LogP) is 1.74. The minimum absolute atomic E-state index is 0.396. The number of benzene rings is 1. The molecule has 21 heavy (non-hydrogen) atoms. The maximum atomic E-state index is 5.99. The molecule has 114 valence electrons. The van der Waals surface area contributed by atoms with E-state index < -0.39 is 0 Å². The molecule has 2 fully saturated rings. The first kappa shape index (κ1) is 13.6. The third-order valence-electron chi connectivity index (χ3n) is 5.35. The number of methoxy groups -OCH3 is 1. The molecule has 4 nitrogen and oxygen atoms in total. The van der Waals surface area contributed by atoms with Crippen LogP contribution in [-0.2, 0) is 11.2 Å². The highest BCUT2D eigenvalue weighted by atomic mass is 16.5. The van der Waals surface area contributed by atoms with Crippen LogP contribution >= 0.6 is 0 Å². The SMILES string of the molecule is CNC1c2cc(OC)ccc2CC1N1CC2CCC(C1)O2. The van der Waals surface area contributed by atoms with E-state index in [9.17, 15) is 0 Å². The van der Waals surface area contributed by atoms with Crippen molar-refractivity contribution in [2.45, 2.75) is 43.6 Å². The number of rotatable bonds is 3. The molecule has 0 amide bonds. The molecule has 0 aromatic heterocycles. The number of hydrogen-bond acceptors (Lipinski definition) is 4. The zero-order chi connectivity index (χ0) is 14.4. The molecule has 2 saturated heterocycles. The van der Waals surface area contributed by atoms with Gasteiger partial charge in [0.1, 0.15) is 5.75 Å². The van der Waals surface area contributed by atoms with Gasteiger partial charge in [0.2, 0.25) is 0 Å². The Bertz CT molecular complexity index is 522. The molecule has 0 saturated carbocycles. The Morgan fingerprint density at radius 1 is 1.24 bits per heavy atom. The Labute approximate surface area is 126 Å². The largest absolute Gasteiger partial charge is 0.497 e. The Balaban J connectivity index is 1.59. The average molecular weight is 288 g/mol. The molecule has 4 heteroatoms. The van der Waals surface area contributed by atoms with Gasteiger partial charge in [0.15, 0.2) is 0 Å². The van der Waals surface area contributed by atoms with Gasteiger partial charge < -0.3 is 14.8 Å². The summed E-state index contributed by atoms with van der Waals surface area (Å²) in [6, 6.07) is 7.45. The Morgan fingerprint density at radius 2 is 2.00 bits per heavy atom. The van der Waals surface area contributed by atoms with Crippen molar-refractivity contribution < 1.29 is 9.47 Å². The lowest BCUT2D eigenvalue weighted by Crippen LogP contribution is -2.51. The second-order valence-electron chi connectivity index (χ2n) is 6.51. The fraction of sp³-hybridized carbons (Fsp3) is 0.647.